The molecule has 3 N–H and O–H groups in total. The zero-order valence-electron chi connectivity index (χ0n) is 9.79. The van der Waals surface area contributed by atoms with Gasteiger partial charge in [0.1, 0.15) is 11.5 Å². The van der Waals surface area contributed by atoms with E-state index < -0.39 is 0 Å². The molecule has 0 aromatic heterocycles. The number of aryl methyl sites for hydroxylation is 1. The van der Waals surface area contributed by atoms with Gasteiger partial charge in [-0.15, -0.1) is 0 Å². The molecule has 0 spiro atoms. The number of rotatable bonds is 3. The van der Waals surface area contributed by atoms with Gasteiger partial charge in [0.2, 0.25) is 0 Å². The Morgan fingerprint density at radius 3 is 2.47 bits per heavy atom. The van der Waals surface area contributed by atoms with Crippen LogP contribution in [0.15, 0.2) is 12.1 Å². The highest BCUT2D eigenvalue weighted by Gasteiger charge is 2.16. The Kier molecular flexibility index (Phi) is 3.25. The van der Waals surface area contributed by atoms with Crippen LogP contribution in [0.5, 0.6) is 11.5 Å². The minimum atomic E-state index is -0.311. The fraction of sp³-hybridized carbons (Fsp3) is 0.500. The number of ether oxygens (including phenoxy) is 1. The molecule has 0 saturated heterocycles. The quantitative estimate of drug-likeness (QED) is 0.800. The van der Waals surface area contributed by atoms with E-state index in [2.05, 4.69) is 0 Å². The summed E-state index contributed by atoms with van der Waals surface area (Å²) in [5.41, 5.74) is 7.38. The van der Waals surface area contributed by atoms with Gasteiger partial charge in [-0.05, 0) is 50.5 Å². The molecule has 0 unspecified atom stereocenters. The third kappa shape index (κ3) is 3.13. The maximum absolute atomic E-state index is 9.62. The molecular formula is C12H19NO2. The van der Waals surface area contributed by atoms with E-state index in [0.29, 0.717) is 6.42 Å². The molecule has 15 heavy (non-hydrogen) atoms. The highest BCUT2D eigenvalue weighted by Crippen LogP contribution is 2.29. The van der Waals surface area contributed by atoms with E-state index >= 15 is 0 Å². The van der Waals surface area contributed by atoms with Crippen molar-refractivity contribution in [1.82, 2.24) is 0 Å². The van der Waals surface area contributed by atoms with Crippen molar-refractivity contribution in [3.8, 4) is 11.5 Å². The third-order valence-electron chi connectivity index (χ3n) is 2.25. The second kappa shape index (κ2) is 4.11. The summed E-state index contributed by atoms with van der Waals surface area (Å²) in [5, 5.41) is 9.62. The molecule has 0 atom stereocenters. The Labute approximate surface area is 90.9 Å². The molecule has 84 valence electrons. The number of phenols is 1. The van der Waals surface area contributed by atoms with Crippen molar-refractivity contribution < 1.29 is 9.84 Å². The van der Waals surface area contributed by atoms with E-state index in [1.165, 1.54) is 0 Å². The Morgan fingerprint density at radius 1 is 1.40 bits per heavy atom. The van der Waals surface area contributed by atoms with E-state index in [1.807, 2.05) is 26.8 Å². The van der Waals surface area contributed by atoms with E-state index in [1.54, 1.807) is 13.2 Å². The number of hydrogen-bond acceptors (Lipinski definition) is 3. The second-order valence-corrected chi connectivity index (χ2v) is 4.62. The lowest BCUT2D eigenvalue weighted by molar-refractivity contribution is 0.398. The largest absolute Gasteiger partial charge is 0.508 e. The molecule has 3 heteroatoms. The Morgan fingerprint density at radius 2 is 2.00 bits per heavy atom. The van der Waals surface area contributed by atoms with Crippen LogP contribution in [0.2, 0.25) is 0 Å². The van der Waals surface area contributed by atoms with Crippen LogP contribution in [0, 0.1) is 6.92 Å². The second-order valence-electron chi connectivity index (χ2n) is 4.62. The SMILES string of the molecule is COc1cc(C)c(O)cc1CC(C)(C)N. The van der Waals surface area contributed by atoms with Gasteiger partial charge in [0.05, 0.1) is 7.11 Å². The van der Waals surface area contributed by atoms with Crippen LogP contribution in [0.3, 0.4) is 0 Å². The summed E-state index contributed by atoms with van der Waals surface area (Å²) in [6, 6.07) is 3.55. The molecule has 1 rings (SSSR count). The van der Waals surface area contributed by atoms with E-state index in [-0.39, 0.29) is 11.3 Å². The first-order valence-corrected chi connectivity index (χ1v) is 4.99. The molecule has 0 aliphatic carbocycles. The minimum absolute atomic E-state index is 0.287. The lowest BCUT2D eigenvalue weighted by Gasteiger charge is -2.20. The van der Waals surface area contributed by atoms with E-state index in [9.17, 15) is 5.11 Å². The van der Waals surface area contributed by atoms with Crippen LogP contribution in [-0.4, -0.2) is 17.8 Å². The molecule has 1 aromatic rings. The predicted octanol–water partition coefficient (Wildman–Crippen LogP) is 1.99. The van der Waals surface area contributed by atoms with Crippen LogP contribution < -0.4 is 10.5 Å². The summed E-state index contributed by atoms with van der Waals surface area (Å²) in [6.45, 7) is 5.74. The molecule has 0 radical (unpaired) electrons. The summed E-state index contributed by atoms with van der Waals surface area (Å²) >= 11 is 0. The molecule has 0 aliphatic rings. The number of phenolic OH excluding ortho intramolecular Hbond substituents is 1. The summed E-state index contributed by atoms with van der Waals surface area (Å²) in [6.07, 6.45) is 0.671. The molecule has 0 saturated carbocycles. The van der Waals surface area contributed by atoms with Crippen molar-refractivity contribution in [1.29, 1.82) is 0 Å². The fourth-order valence-corrected chi connectivity index (χ4v) is 1.53. The molecule has 1 aromatic carbocycles. The van der Waals surface area contributed by atoms with Gasteiger partial charge in [-0.3, -0.25) is 0 Å². The first kappa shape index (κ1) is 11.9. The van der Waals surface area contributed by atoms with Gasteiger partial charge < -0.3 is 15.6 Å². The number of aromatic hydroxyl groups is 1. The topological polar surface area (TPSA) is 55.5 Å². The standard InChI is InChI=1S/C12H19NO2/c1-8-5-11(15-4)9(6-10(8)14)7-12(2,3)13/h5-6,14H,7,13H2,1-4H3. The maximum atomic E-state index is 9.62. The van der Waals surface area contributed by atoms with Gasteiger partial charge in [-0.2, -0.15) is 0 Å². The number of hydrogen-bond donors (Lipinski definition) is 2. The molecule has 0 bridgehead atoms. The first-order chi connectivity index (χ1) is 6.83. The van der Waals surface area contributed by atoms with E-state index in [0.717, 1.165) is 16.9 Å². The maximum Gasteiger partial charge on any atom is 0.122 e. The van der Waals surface area contributed by atoms with Gasteiger partial charge in [0, 0.05) is 5.54 Å². The normalized spacial score (nSPS) is 11.5. The summed E-state index contributed by atoms with van der Waals surface area (Å²) in [7, 11) is 1.62. The van der Waals surface area contributed by atoms with E-state index in [4.69, 9.17) is 10.5 Å². The Hall–Kier alpha value is -1.22. The zero-order chi connectivity index (χ0) is 11.6. The van der Waals surface area contributed by atoms with Gasteiger partial charge >= 0.3 is 0 Å². The monoisotopic (exact) mass is 209 g/mol. The highest BCUT2D eigenvalue weighted by molar-refractivity contribution is 5.45. The lowest BCUT2D eigenvalue weighted by atomic mass is 9.94. The van der Waals surface area contributed by atoms with Crippen LogP contribution in [-0.2, 0) is 6.42 Å². The Bertz CT molecular complexity index is 353. The van der Waals surface area contributed by atoms with Crippen molar-refractivity contribution >= 4 is 0 Å². The average Bonchev–Trinajstić information content (AvgIpc) is 2.08. The lowest BCUT2D eigenvalue weighted by Crippen LogP contribution is -2.34. The fourth-order valence-electron chi connectivity index (χ4n) is 1.53. The van der Waals surface area contributed by atoms with Crippen molar-refractivity contribution in [3.05, 3.63) is 23.3 Å². The van der Waals surface area contributed by atoms with Gasteiger partial charge in [0.25, 0.3) is 0 Å². The number of nitrogens with two attached hydrogens (primary N) is 1. The van der Waals surface area contributed by atoms with Gasteiger partial charge in [-0.1, -0.05) is 0 Å². The van der Waals surface area contributed by atoms with Crippen molar-refractivity contribution in [3.63, 3.8) is 0 Å². The number of methoxy groups -OCH3 is 1. The Balaban J connectivity index is 3.11. The minimum Gasteiger partial charge on any atom is -0.508 e. The smallest absolute Gasteiger partial charge is 0.122 e. The molecule has 0 amide bonds. The molecule has 0 fully saturated rings. The molecular weight excluding hydrogens is 190 g/mol. The number of benzene rings is 1. The summed E-state index contributed by atoms with van der Waals surface area (Å²) < 4.78 is 5.26. The average molecular weight is 209 g/mol. The van der Waals surface area contributed by atoms with Crippen LogP contribution >= 0.6 is 0 Å². The summed E-state index contributed by atoms with van der Waals surface area (Å²) in [5.74, 6) is 1.07. The van der Waals surface area contributed by atoms with Crippen molar-refractivity contribution in [2.75, 3.05) is 7.11 Å². The zero-order valence-corrected chi connectivity index (χ0v) is 9.79. The van der Waals surface area contributed by atoms with Gasteiger partial charge in [0.15, 0.2) is 0 Å². The first-order valence-electron chi connectivity index (χ1n) is 4.99. The van der Waals surface area contributed by atoms with Crippen molar-refractivity contribution in [2.24, 2.45) is 5.73 Å². The van der Waals surface area contributed by atoms with Crippen LogP contribution in [0.4, 0.5) is 0 Å². The van der Waals surface area contributed by atoms with Crippen molar-refractivity contribution in [2.45, 2.75) is 32.7 Å². The summed E-state index contributed by atoms with van der Waals surface area (Å²) in [4.78, 5) is 0. The highest BCUT2D eigenvalue weighted by atomic mass is 16.5. The predicted molar refractivity (Wildman–Crippen MR) is 61.4 cm³/mol. The molecule has 0 aliphatic heterocycles. The molecule has 0 heterocycles. The molecule has 3 nitrogen and oxygen atoms in total. The van der Waals surface area contributed by atoms with Gasteiger partial charge in [-0.25, -0.2) is 0 Å². The van der Waals surface area contributed by atoms with Crippen LogP contribution in [0.25, 0.3) is 0 Å². The third-order valence-corrected chi connectivity index (χ3v) is 2.25. The van der Waals surface area contributed by atoms with Crippen LogP contribution in [0.1, 0.15) is 25.0 Å².